The van der Waals surface area contributed by atoms with Crippen LogP contribution in [0.25, 0.3) is 0 Å². The largest absolute Gasteiger partial charge is 0.507 e. The Morgan fingerprint density at radius 3 is 2.21 bits per heavy atom. The van der Waals surface area contributed by atoms with Crippen molar-refractivity contribution in [1.29, 1.82) is 0 Å². The minimum absolute atomic E-state index is 0.0948. The van der Waals surface area contributed by atoms with Crippen molar-refractivity contribution in [2.24, 2.45) is 0 Å². The standard InChI is InChI=1S/C25H31ClN2O4S/c1-14(29)27-32-20-9-8-16(26)12-19(20)28-21(30)13-33-23(28)15-10-17(24(2,3)4)22(31)18(11-15)25(5,6)7/h8-12,23,31H,13H2,1-7H3,(H,27,29). The molecule has 1 saturated heterocycles. The van der Waals surface area contributed by atoms with Crippen molar-refractivity contribution in [3.63, 3.8) is 0 Å². The summed E-state index contributed by atoms with van der Waals surface area (Å²) < 4.78 is 0. The van der Waals surface area contributed by atoms with Gasteiger partial charge in [0.25, 0.3) is 0 Å². The highest BCUT2D eigenvalue weighted by atomic mass is 35.5. The Labute approximate surface area is 204 Å². The maximum atomic E-state index is 13.1. The van der Waals surface area contributed by atoms with E-state index in [0.29, 0.717) is 16.5 Å². The van der Waals surface area contributed by atoms with Crippen LogP contribution in [0.1, 0.15) is 70.5 Å². The average molecular weight is 491 g/mol. The van der Waals surface area contributed by atoms with Gasteiger partial charge in [0, 0.05) is 11.9 Å². The Hall–Kier alpha value is -2.38. The van der Waals surface area contributed by atoms with Gasteiger partial charge in [0.2, 0.25) is 11.8 Å². The molecule has 2 amide bonds. The van der Waals surface area contributed by atoms with Crippen molar-refractivity contribution >= 4 is 40.9 Å². The van der Waals surface area contributed by atoms with Gasteiger partial charge < -0.3 is 9.94 Å². The van der Waals surface area contributed by atoms with E-state index in [2.05, 4.69) is 47.0 Å². The predicted molar refractivity (Wildman–Crippen MR) is 134 cm³/mol. The number of hydrogen-bond donors (Lipinski definition) is 2. The lowest BCUT2D eigenvalue weighted by molar-refractivity contribution is -0.125. The normalized spacial score (nSPS) is 16.8. The van der Waals surface area contributed by atoms with Gasteiger partial charge in [-0.05, 0) is 57.9 Å². The molecular weight excluding hydrogens is 460 g/mol. The van der Waals surface area contributed by atoms with E-state index < -0.39 is 0 Å². The first kappa shape index (κ1) is 25.2. The van der Waals surface area contributed by atoms with E-state index >= 15 is 0 Å². The van der Waals surface area contributed by atoms with Crippen LogP contribution in [0.15, 0.2) is 30.3 Å². The molecule has 0 radical (unpaired) electrons. The topological polar surface area (TPSA) is 78.9 Å². The Bertz CT molecular complexity index is 1050. The van der Waals surface area contributed by atoms with E-state index in [1.165, 1.54) is 18.7 Å². The number of phenols is 1. The highest BCUT2D eigenvalue weighted by molar-refractivity contribution is 8.00. The van der Waals surface area contributed by atoms with Crippen molar-refractivity contribution in [2.75, 3.05) is 10.7 Å². The molecule has 1 aliphatic heterocycles. The number of nitrogens with zero attached hydrogens (tertiary/aromatic N) is 1. The molecule has 1 atom stereocenters. The maximum Gasteiger partial charge on any atom is 0.249 e. The molecule has 0 spiro atoms. The Morgan fingerprint density at radius 2 is 1.70 bits per heavy atom. The molecule has 0 bridgehead atoms. The summed E-state index contributed by atoms with van der Waals surface area (Å²) in [6.07, 6.45) is 0. The zero-order valence-electron chi connectivity index (χ0n) is 20.1. The zero-order valence-corrected chi connectivity index (χ0v) is 21.6. The molecule has 0 saturated carbocycles. The molecule has 3 rings (SSSR count). The Kier molecular flexibility index (Phi) is 6.97. The summed E-state index contributed by atoms with van der Waals surface area (Å²) in [5, 5.41) is 11.2. The van der Waals surface area contributed by atoms with Crippen LogP contribution in [0.5, 0.6) is 11.5 Å². The number of aromatic hydroxyl groups is 1. The van der Waals surface area contributed by atoms with Gasteiger partial charge in [-0.25, -0.2) is 0 Å². The molecule has 1 fully saturated rings. The van der Waals surface area contributed by atoms with Gasteiger partial charge in [0.1, 0.15) is 11.1 Å². The number of carbonyl (C=O) groups excluding carboxylic acids is 2. The van der Waals surface area contributed by atoms with Crippen LogP contribution in [0, 0.1) is 0 Å². The number of hydroxylamine groups is 1. The van der Waals surface area contributed by atoms with Crippen LogP contribution in [-0.4, -0.2) is 22.7 Å². The number of carbonyl (C=O) groups is 2. The van der Waals surface area contributed by atoms with E-state index in [1.807, 2.05) is 12.1 Å². The van der Waals surface area contributed by atoms with Gasteiger partial charge in [-0.3, -0.25) is 14.5 Å². The molecule has 2 aromatic rings. The minimum Gasteiger partial charge on any atom is -0.507 e. The van der Waals surface area contributed by atoms with Crippen molar-refractivity contribution < 1.29 is 19.5 Å². The van der Waals surface area contributed by atoms with Crippen LogP contribution in [0.2, 0.25) is 5.02 Å². The number of thioether (sulfide) groups is 1. The third-order valence-electron chi connectivity index (χ3n) is 5.39. The first-order chi connectivity index (χ1) is 15.2. The van der Waals surface area contributed by atoms with Crippen molar-refractivity contribution in [3.8, 4) is 11.5 Å². The van der Waals surface area contributed by atoms with Crippen LogP contribution < -0.4 is 15.2 Å². The lowest BCUT2D eigenvalue weighted by Gasteiger charge is -2.31. The first-order valence-corrected chi connectivity index (χ1v) is 12.2. The van der Waals surface area contributed by atoms with E-state index in [0.717, 1.165) is 16.7 Å². The fourth-order valence-electron chi connectivity index (χ4n) is 3.77. The second-order valence-electron chi connectivity index (χ2n) is 10.3. The number of halogens is 1. The van der Waals surface area contributed by atoms with Crippen LogP contribution in [0.3, 0.4) is 0 Å². The SMILES string of the molecule is CC(=O)NOc1ccc(Cl)cc1N1C(=O)CSC1c1cc(C(C)(C)C)c(O)c(C(C)(C)C)c1. The molecule has 1 heterocycles. The third kappa shape index (κ3) is 5.41. The van der Waals surface area contributed by atoms with E-state index in [4.69, 9.17) is 16.4 Å². The van der Waals surface area contributed by atoms with Crippen LogP contribution in [0.4, 0.5) is 5.69 Å². The summed E-state index contributed by atoms with van der Waals surface area (Å²) in [5.41, 5.74) is 4.75. The van der Waals surface area contributed by atoms with Crippen molar-refractivity contribution in [2.45, 2.75) is 64.7 Å². The Morgan fingerprint density at radius 1 is 1.12 bits per heavy atom. The van der Waals surface area contributed by atoms with Crippen molar-refractivity contribution in [3.05, 3.63) is 52.0 Å². The summed E-state index contributed by atoms with van der Waals surface area (Å²) in [4.78, 5) is 31.6. The molecule has 1 aliphatic rings. The van der Waals surface area contributed by atoms with E-state index in [1.54, 1.807) is 23.1 Å². The molecule has 2 N–H and O–H groups in total. The highest BCUT2D eigenvalue weighted by Gasteiger charge is 2.38. The van der Waals surface area contributed by atoms with Crippen LogP contribution in [-0.2, 0) is 20.4 Å². The summed E-state index contributed by atoms with van der Waals surface area (Å²) in [6.45, 7) is 13.7. The summed E-state index contributed by atoms with van der Waals surface area (Å²) in [7, 11) is 0. The monoisotopic (exact) mass is 490 g/mol. The van der Waals surface area contributed by atoms with Gasteiger partial charge in [0.15, 0.2) is 5.75 Å². The number of phenolic OH excluding ortho intramolecular Hbond substituents is 1. The Balaban J connectivity index is 2.17. The number of nitrogens with one attached hydrogen (secondary N) is 1. The summed E-state index contributed by atoms with van der Waals surface area (Å²) in [6, 6.07) is 8.88. The molecule has 8 heteroatoms. The molecule has 2 aromatic carbocycles. The van der Waals surface area contributed by atoms with Gasteiger partial charge in [-0.15, -0.1) is 11.8 Å². The number of rotatable bonds is 4. The molecule has 178 valence electrons. The second kappa shape index (κ2) is 9.11. The molecule has 0 aliphatic carbocycles. The summed E-state index contributed by atoms with van der Waals surface area (Å²) in [5.74, 6) is 0.437. The fraction of sp³-hybridized carbons (Fsp3) is 0.440. The van der Waals surface area contributed by atoms with E-state index in [-0.39, 0.29) is 39.5 Å². The molecule has 33 heavy (non-hydrogen) atoms. The van der Waals surface area contributed by atoms with Gasteiger partial charge in [-0.2, -0.15) is 5.48 Å². The van der Waals surface area contributed by atoms with E-state index in [9.17, 15) is 14.7 Å². The van der Waals surface area contributed by atoms with Crippen LogP contribution >= 0.6 is 23.4 Å². The predicted octanol–water partition coefficient (Wildman–Crippen LogP) is 5.85. The van der Waals surface area contributed by atoms with Gasteiger partial charge in [0.05, 0.1) is 11.4 Å². The smallest absolute Gasteiger partial charge is 0.249 e. The number of amides is 2. The number of anilines is 1. The third-order valence-corrected chi connectivity index (χ3v) is 6.83. The molecule has 6 nitrogen and oxygen atoms in total. The zero-order chi connectivity index (χ0) is 24.7. The number of hydrogen-bond acceptors (Lipinski definition) is 5. The number of benzene rings is 2. The fourth-order valence-corrected chi connectivity index (χ4v) is 5.08. The lowest BCUT2D eigenvalue weighted by Crippen LogP contribution is -2.31. The molecule has 0 aromatic heterocycles. The first-order valence-electron chi connectivity index (χ1n) is 10.7. The maximum absolute atomic E-state index is 13.1. The minimum atomic E-state index is -0.363. The van der Waals surface area contributed by atoms with Gasteiger partial charge >= 0.3 is 0 Å². The quantitative estimate of drug-likeness (QED) is 0.525. The van der Waals surface area contributed by atoms with Crippen molar-refractivity contribution in [1.82, 2.24) is 5.48 Å². The second-order valence-corrected chi connectivity index (χ2v) is 11.8. The molecular formula is C25H31ClN2O4S. The van der Waals surface area contributed by atoms with Gasteiger partial charge in [-0.1, -0.05) is 53.1 Å². The highest BCUT2D eigenvalue weighted by Crippen LogP contribution is 2.48. The average Bonchev–Trinajstić information content (AvgIpc) is 3.06. The summed E-state index contributed by atoms with van der Waals surface area (Å²) >= 11 is 7.77. The molecule has 1 unspecified atom stereocenters. The lowest BCUT2D eigenvalue weighted by atomic mass is 9.78.